The zero-order valence-electron chi connectivity index (χ0n) is 16.4. The molecule has 0 saturated heterocycles. The molecule has 5 heteroatoms. The average molecular weight is 379 g/mol. The second-order valence-electron chi connectivity index (χ2n) is 8.96. The molecule has 2 heterocycles. The first-order valence-electron chi connectivity index (χ1n) is 10.9. The Morgan fingerprint density at radius 3 is 2.54 bits per heavy atom. The molecule has 148 valence electrons. The zero-order valence-corrected chi connectivity index (χ0v) is 16.4. The molecule has 5 rings (SSSR count). The molecule has 1 aromatic carbocycles. The first-order chi connectivity index (χ1) is 13.7. The molecular formula is C23H30N4O. The molecular weight excluding hydrogens is 348 g/mol. The van der Waals surface area contributed by atoms with E-state index in [1.54, 1.807) is 0 Å². The van der Waals surface area contributed by atoms with Gasteiger partial charge in [0.2, 0.25) is 5.91 Å². The molecule has 2 saturated carbocycles. The second kappa shape index (κ2) is 7.36. The van der Waals surface area contributed by atoms with Gasteiger partial charge in [-0.2, -0.15) is 0 Å². The fourth-order valence-corrected chi connectivity index (χ4v) is 5.52. The van der Waals surface area contributed by atoms with Gasteiger partial charge in [-0.1, -0.05) is 18.6 Å². The van der Waals surface area contributed by atoms with Crippen molar-refractivity contribution in [3.8, 4) is 11.3 Å². The number of amides is 1. The third-order valence-electron chi connectivity index (χ3n) is 7.14. The van der Waals surface area contributed by atoms with Gasteiger partial charge < -0.3 is 15.6 Å². The van der Waals surface area contributed by atoms with Crippen LogP contribution in [-0.2, 0) is 17.8 Å². The Morgan fingerprint density at radius 1 is 1.07 bits per heavy atom. The van der Waals surface area contributed by atoms with E-state index < -0.39 is 0 Å². The van der Waals surface area contributed by atoms with E-state index in [9.17, 15) is 4.79 Å². The minimum absolute atomic E-state index is 0.106. The number of anilines is 1. The summed E-state index contributed by atoms with van der Waals surface area (Å²) in [6.45, 7) is 1.07. The number of nitrogens with one attached hydrogen (secondary N) is 1. The lowest BCUT2D eigenvalue weighted by Gasteiger charge is -2.43. The molecule has 0 spiro atoms. The van der Waals surface area contributed by atoms with Crippen LogP contribution in [-0.4, -0.2) is 21.5 Å². The highest BCUT2D eigenvalue weighted by molar-refractivity contribution is 5.92. The smallest absolute Gasteiger partial charge is 0.227 e. The van der Waals surface area contributed by atoms with Gasteiger partial charge in [0.25, 0.3) is 0 Å². The standard InChI is InChI=1S/C23H30N4O/c24-22-16-4-3-5-17(22)13-18(12-16)23(28)25-19-9-7-15(8-10-19)20-14-27-11-2-1-6-21(27)26-20/h7-10,14,16-18,22H,1-6,11-13,24H2,(H,25,28). The molecule has 5 nitrogen and oxygen atoms in total. The zero-order chi connectivity index (χ0) is 19.1. The summed E-state index contributed by atoms with van der Waals surface area (Å²) in [5, 5.41) is 3.14. The topological polar surface area (TPSA) is 72.9 Å². The van der Waals surface area contributed by atoms with Crippen LogP contribution < -0.4 is 11.1 Å². The number of aromatic nitrogens is 2. The molecule has 1 aromatic heterocycles. The van der Waals surface area contributed by atoms with E-state index in [4.69, 9.17) is 10.7 Å². The van der Waals surface area contributed by atoms with Crippen LogP contribution in [0.2, 0.25) is 0 Å². The molecule has 2 aromatic rings. The predicted molar refractivity (Wildman–Crippen MR) is 111 cm³/mol. The van der Waals surface area contributed by atoms with Gasteiger partial charge in [-0.25, -0.2) is 4.98 Å². The fourth-order valence-electron chi connectivity index (χ4n) is 5.52. The van der Waals surface area contributed by atoms with Gasteiger partial charge in [-0.05, 0) is 62.5 Å². The van der Waals surface area contributed by atoms with Crippen LogP contribution in [0.15, 0.2) is 30.5 Å². The van der Waals surface area contributed by atoms with E-state index in [2.05, 4.69) is 28.2 Å². The van der Waals surface area contributed by atoms with Crippen LogP contribution in [0.3, 0.4) is 0 Å². The van der Waals surface area contributed by atoms with Crippen LogP contribution in [0, 0.1) is 17.8 Å². The molecule has 0 radical (unpaired) electrons. The Hall–Kier alpha value is -2.14. The summed E-state index contributed by atoms with van der Waals surface area (Å²) >= 11 is 0. The first kappa shape index (κ1) is 17.9. The molecule has 2 unspecified atom stereocenters. The summed E-state index contributed by atoms with van der Waals surface area (Å²) in [7, 11) is 0. The maximum Gasteiger partial charge on any atom is 0.227 e. The summed E-state index contributed by atoms with van der Waals surface area (Å²) in [5.41, 5.74) is 9.38. The highest BCUT2D eigenvalue weighted by atomic mass is 16.1. The number of hydrogen-bond donors (Lipinski definition) is 2. The van der Waals surface area contributed by atoms with Crippen molar-refractivity contribution in [2.75, 3.05) is 5.32 Å². The second-order valence-corrected chi connectivity index (χ2v) is 8.96. The van der Waals surface area contributed by atoms with Crippen molar-refractivity contribution in [1.29, 1.82) is 0 Å². The van der Waals surface area contributed by atoms with Crippen LogP contribution in [0.5, 0.6) is 0 Å². The number of carbonyl (C=O) groups excluding carboxylic acids is 1. The minimum atomic E-state index is 0.106. The predicted octanol–water partition coefficient (Wildman–Crippen LogP) is 3.98. The van der Waals surface area contributed by atoms with E-state index in [-0.39, 0.29) is 11.8 Å². The molecule has 1 aliphatic heterocycles. The van der Waals surface area contributed by atoms with Crippen molar-refractivity contribution in [2.24, 2.45) is 23.5 Å². The summed E-state index contributed by atoms with van der Waals surface area (Å²) in [6, 6.07) is 8.44. The van der Waals surface area contributed by atoms with Crippen molar-refractivity contribution >= 4 is 11.6 Å². The quantitative estimate of drug-likeness (QED) is 0.848. The number of aryl methyl sites for hydroxylation is 2. The molecule has 3 aliphatic rings. The Morgan fingerprint density at radius 2 is 1.82 bits per heavy atom. The van der Waals surface area contributed by atoms with E-state index in [1.165, 1.54) is 37.9 Å². The Bertz CT molecular complexity index is 818. The molecule has 2 aliphatic carbocycles. The van der Waals surface area contributed by atoms with E-state index in [1.807, 2.05) is 12.1 Å². The highest BCUT2D eigenvalue weighted by Crippen LogP contribution is 2.42. The van der Waals surface area contributed by atoms with Gasteiger partial charge in [0.15, 0.2) is 0 Å². The highest BCUT2D eigenvalue weighted by Gasteiger charge is 2.40. The third kappa shape index (κ3) is 3.37. The lowest BCUT2D eigenvalue weighted by atomic mass is 9.65. The monoisotopic (exact) mass is 378 g/mol. The number of hydrogen-bond acceptors (Lipinski definition) is 3. The van der Waals surface area contributed by atoms with Gasteiger partial charge in [0.05, 0.1) is 5.69 Å². The lowest BCUT2D eigenvalue weighted by molar-refractivity contribution is -0.122. The number of nitrogens with zero attached hydrogens (tertiary/aromatic N) is 2. The van der Waals surface area contributed by atoms with Gasteiger partial charge in [-0.3, -0.25) is 4.79 Å². The van der Waals surface area contributed by atoms with Crippen molar-refractivity contribution in [3.63, 3.8) is 0 Å². The first-order valence-corrected chi connectivity index (χ1v) is 10.9. The van der Waals surface area contributed by atoms with Crippen molar-refractivity contribution in [2.45, 2.75) is 64.0 Å². The van der Waals surface area contributed by atoms with E-state index in [0.29, 0.717) is 17.9 Å². The minimum Gasteiger partial charge on any atom is -0.334 e. The van der Waals surface area contributed by atoms with Gasteiger partial charge in [0.1, 0.15) is 5.82 Å². The van der Waals surface area contributed by atoms with Gasteiger partial charge in [0, 0.05) is 42.4 Å². The molecule has 2 atom stereocenters. The van der Waals surface area contributed by atoms with Gasteiger partial charge in [-0.15, -0.1) is 0 Å². The maximum atomic E-state index is 12.8. The number of benzene rings is 1. The van der Waals surface area contributed by atoms with Crippen LogP contribution in [0.1, 0.15) is 50.8 Å². The third-order valence-corrected chi connectivity index (χ3v) is 7.14. The van der Waals surface area contributed by atoms with Crippen LogP contribution in [0.4, 0.5) is 5.69 Å². The van der Waals surface area contributed by atoms with Crippen LogP contribution in [0.25, 0.3) is 11.3 Å². The number of carbonyl (C=O) groups is 1. The fraction of sp³-hybridized carbons (Fsp3) is 0.565. The molecule has 2 bridgehead atoms. The van der Waals surface area contributed by atoms with E-state index in [0.717, 1.165) is 42.8 Å². The van der Waals surface area contributed by atoms with Crippen molar-refractivity contribution in [3.05, 3.63) is 36.3 Å². The van der Waals surface area contributed by atoms with Gasteiger partial charge >= 0.3 is 0 Å². The summed E-state index contributed by atoms with van der Waals surface area (Å²) < 4.78 is 2.28. The molecule has 1 amide bonds. The molecule has 28 heavy (non-hydrogen) atoms. The summed E-state index contributed by atoms with van der Waals surface area (Å²) in [6.07, 6.45) is 11.2. The number of nitrogens with two attached hydrogens (primary N) is 1. The SMILES string of the molecule is NC1C2CCCC1CC(C(=O)Nc1ccc(-c3cn4c(n3)CCCC4)cc1)C2. The Labute approximate surface area is 166 Å². The Balaban J connectivity index is 1.25. The number of fused-ring (bicyclic) bond motifs is 3. The number of rotatable bonds is 3. The van der Waals surface area contributed by atoms with E-state index >= 15 is 0 Å². The number of imidazole rings is 1. The Kier molecular flexibility index (Phi) is 4.71. The van der Waals surface area contributed by atoms with Crippen molar-refractivity contribution in [1.82, 2.24) is 9.55 Å². The maximum absolute atomic E-state index is 12.8. The summed E-state index contributed by atoms with van der Waals surface area (Å²) in [4.78, 5) is 17.6. The summed E-state index contributed by atoms with van der Waals surface area (Å²) in [5.74, 6) is 2.51. The molecule has 2 fully saturated rings. The lowest BCUT2D eigenvalue weighted by Crippen LogP contribution is -2.48. The normalized spacial score (nSPS) is 29.2. The van der Waals surface area contributed by atoms with Crippen molar-refractivity contribution < 1.29 is 4.79 Å². The average Bonchev–Trinajstić information content (AvgIpc) is 3.12. The molecule has 3 N–H and O–H groups in total. The van der Waals surface area contributed by atoms with Crippen LogP contribution >= 0.6 is 0 Å². The largest absolute Gasteiger partial charge is 0.334 e.